The minimum atomic E-state index is -0.278. The van der Waals surface area contributed by atoms with Crippen LogP contribution >= 0.6 is 11.3 Å². The van der Waals surface area contributed by atoms with E-state index in [0.717, 1.165) is 16.3 Å². The van der Waals surface area contributed by atoms with Gasteiger partial charge in [0.25, 0.3) is 5.91 Å². The summed E-state index contributed by atoms with van der Waals surface area (Å²) < 4.78 is 5.78. The third-order valence-corrected chi connectivity index (χ3v) is 6.22. The van der Waals surface area contributed by atoms with Crippen molar-refractivity contribution in [2.75, 3.05) is 31.5 Å². The largest absolute Gasteiger partial charge is 0.457 e. The van der Waals surface area contributed by atoms with Gasteiger partial charge < -0.3 is 15.0 Å². The quantitative estimate of drug-likeness (QED) is 0.626. The van der Waals surface area contributed by atoms with Gasteiger partial charge in [-0.15, -0.1) is 11.3 Å². The van der Waals surface area contributed by atoms with Crippen molar-refractivity contribution in [3.8, 4) is 11.5 Å². The van der Waals surface area contributed by atoms with Crippen LogP contribution in [0, 0.1) is 0 Å². The molecule has 1 fully saturated rings. The number of carbonyl (C=O) groups is 2. The normalized spacial score (nSPS) is 15.3. The van der Waals surface area contributed by atoms with Crippen LogP contribution in [-0.2, 0) is 4.79 Å². The van der Waals surface area contributed by atoms with Crippen LogP contribution in [-0.4, -0.2) is 53.8 Å². The van der Waals surface area contributed by atoms with Gasteiger partial charge >= 0.3 is 0 Å². The molecule has 0 aliphatic carbocycles. The van der Waals surface area contributed by atoms with Crippen LogP contribution < -0.4 is 10.1 Å². The van der Waals surface area contributed by atoms with Gasteiger partial charge in [-0.3, -0.25) is 14.5 Å². The van der Waals surface area contributed by atoms with E-state index in [1.807, 2.05) is 83.9 Å². The van der Waals surface area contributed by atoms with E-state index in [9.17, 15) is 9.59 Å². The Kier molecular flexibility index (Phi) is 6.64. The topological polar surface area (TPSA) is 61.9 Å². The molecule has 3 aromatic rings. The van der Waals surface area contributed by atoms with Crippen LogP contribution in [0.1, 0.15) is 16.6 Å². The highest BCUT2D eigenvalue weighted by atomic mass is 32.1. The molecule has 1 aromatic heterocycles. The summed E-state index contributed by atoms with van der Waals surface area (Å²) in [6, 6.07) is 20.4. The van der Waals surface area contributed by atoms with Crippen molar-refractivity contribution in [1.29, 1.82) is 0 Å². The van der Waals surface area contributed by atoms with Gasteiger partial charge in [0.2, 0.25) is 5.91 Å². The lowest BCUT2D eigenvalue weighted by Gasteiger charge is -2.37. The first-order valence-electron chi connectivity index (χ1n) is 10.3. The van der Waals surface area contributed by atoms with Gasteiger partial charge in [-0.1, -0.05) is 24.3 Å². The van der Waals surface area contributed by atoms with Gasteiger partial charge in [-0.2, -0.15) is 0 Å². The molecule has 1 unspecified atom stereocenters. The number of amides is 2. The Balaban J connectivity index is 1.27. The molecule has 160 valence electrons. The maximum atomic E-state index is 12.7. The molecule has 1 aliphatic heterocycles. The summed E-state index contributed by atoms with van der Waals surface area (Å²) in [5.41, 5.74) is 0.726. The van der Waals surface area contributed by atoms with Crippen LogP contribution in [0.25, 0.3) is 0 Å². The van der Waals surface area contributed by atoms with Crippen LogP contribution in [0.3, 0.4) is 0 Å². The molecule has 0 radical (unpaired) electrons. The molecule has 1 saturated heterocycles. The second-order valence-electron chi connectivity index (χ2n) is 7.41. The predicted molar refractivity (Wildman–Crippen MR) is 123 cm³/mol. The van der Waals surface area contributed by atoms with Crippen LogP contribution in [0.2, 0.25) is 0 Å². The Labute approximate surface area is 186 Å². The smallest absolute Gasteiger partial charge is 0.264 e. The van der Waals surface area contributed by atoms with Crippen molar-refractivity contribution in [2.45, 2.75) is 13.0 Å². The van der Waals surface area contributed by atoms with Gasteiger partial charge in [0.1, 0.15) is 11.5 Å². The SMILES string of the molecule is CC(C(=O)Nc1ccc(Oc2ccccc2)cc1)N1CCN(C(=O)c2cccs2)CC1. The zero-order valence-corrected chi connectivity index (χ0v) is 18.2. The summed E-state index contributed by atoms with van der Waals surface area (Å²) >= 11 is 1.46. The van der Waals surface area contributed by atoms with Gasteiger partial charge in [0.05, 0.1) is 10.9 Å². The molecule has 1 aliphatic rings. The zero-order valence-electron chi connectivity index (χ0n) is 17.4. The first kappa shape index (κ1) is 21.1. The number of rotatable bonds is 6. The first-order valence-corrected chi connectivity index (χ1v) is 11.2. The summed E-state index contributed by atoms with van der Waals surface area (Å²) in [5, 5.41) is 4.88. The lowest BCUT2D eigenvalue weighted by molar-refractivity contribution is -0.121. The molecule has 31 heavy (non-hydrogen) atoms. The van der Waals surface area contributed by atoms with E-state index in [1.165, 1.54) is 11.3 Å². The number of benzene rings is 2. The molecule has 0 saturated carbocycles. The maximum Gasteiger partial charge on any atom is 0.264 e. The van der Waals surface area contributed by atoms with Gasteiger partial charge in [-0.25, -0.2) is 0 Å². The van der Waals surface area contributed by atoms with Gasteiger partial charge in [0.15, 0.2) is 0 Å². The summed E-state index contributed by atoms with van der Waals surface area (Å²) in [5.74, 6) is 1.49. The molecule has 4 rings (SSSR count). The number of piperazine rings is 1. The Hall–Kier alpha value is -3.16. The molecular formula is C24H25N3O3S. The Bertz CT molecular complexity index is 998. The maximum absolute atomic E-state index is 12.7. The number of hydrogen-bond acceptors (Lipinski definition) is 5. The number of thiophene rings is 1. The van der Waals surface area contributed by atoms with Crippen molar-refractivity contribution in [1.82, 2.24) is 9.80 Å². The second-order valence-corrected chi connectivity index (χ2v) is 8.36. The number of carbonyl (C=O) groups excluding carboxylic acids is 2. The number of ether oxygens (including phenoxy) is 1. The number of nitrogens with zero attached hydrogens (tertiary/aromatic N) is 2. The fourth-order valence-corrected chi connectivity index (χ4v) is 4.20. The van der Waals surface area contributed by atoms with Crippen molar-refractivity contribution in [2.24, 2.45) is 0 Å². The van der Waals surface area contributed by atoms with Crippen molar-refractivity contribution >= 4 is 28.8 Å². The molecule has 2 amide bonds. The van der Waals surface area contributed by atoms with Crippen LogP contribution in [0.5, 0.6) is 11.5 Å². The standard InChI is InChI=1S/C24H25N3O3S/c1-18(26-13-15-27(16-14-26)24(29)22-8-5-17-31-22)23(28)25-19-9-11-21(12-10-19)30-20-6-3-2-4-7-20/h2-12,17-18H,13-16H2,1H3,(H,25,28). The first-order chi connectivity index (χ1) is 15.1. The van der Waals surface area contributed by atoms with E-state index in [-0.39, 0.29) is 17.9 Å². The molecule has 6 nitrogen and oxygen atoms in total. The molecule has 0 bridgehead atoms. The lowest BCUT2D eigenvalue weighted by Crippen LogP contribution is -2.53. The molecule has 2 heterocycles. The van der Waals surface area contributed by atoms with Crippen LogP contribution in [0.4, 0.5) is 5.69 Å². The zero-order chi connectivity index (χ0) is 21.6. The highest BCUT2D eigenvalue weighted by Crippen LogP contribution is 2.23. The Morgan fingerprint density at radius 1 is 0.903 bits per heavy atom. The fourth-order valence-electron chi connectivity index (χ4n) is 3.51. The van der Waals surface area contributed by atoms with Crippen molar-refractivity contribution < 1.29 is 14.3 Å². The monoisotopic (exact) mass is 435 g/mol. The Morgan fingerprint density at radius 2 is 1.58 bits per heavy atom. The molecule has 1 atom stereocenters. The highest BCUT2D eigenvalue weighted by Gasteiger charge is 2.28. The summed E-state index contributed by atoms with van der Waals surface area (Å²) in [6.07, 6.45) is 0. The fraction of sp³-hybridized carbons (Fsp3) is 0.250. The average Bonchev–Trinajstić information content (AvgIpc) is 3.35. The molecular weight excluding hydrogens is 410 g/mol. The second kappa shape index (κ2) is 9.76. The minimum absolute atomic E-state index is 0.0604. The number of nitrogens with one attached hydrogen (secondary N) is 1. The van der Waals surface area contributed by atoms with E-state index in [0.29, 0.717) is 31.9 Å². The third kappa shape index (κ3) is 5.31. The van der Waals surface area contributed by atoms with Crippen molar-refractivity contribution in [3.05, 3.63) is 77.0 Å². The predicted octanol–water partition coefficient (Wildman–Crippen LogP) is 4.33. The van der Waals surface area contributed by atoms with Crippen molar-refractivity contribution in [3.63, 3.8) is 0 Å². The third-order valence-electron chi connectivity index (χ3n) is 5.36. The Morgan fingerprint density at radius 3 is 2.23 bits per heavy atom. The molecule has 1 N–H and O–H groups in total. The van der Waals surface area contributed by atoms with E-state index < -0.39 is 0 Å². The van der Waals surface area contributed by atoms with E-state index in [2.05, 4.69) is 10.2 Å². The van der Waals surface area contributed by atoms with E-state index in [4.69, 9.17) is 4.74 Å². The van der Waals surface area contributed by atoms with E-state index in [1.54, 1.807) is 0 Å². The number of para-hydroxylation sites is 1. The van der Waals surface area contributed by atoms with Gasteiger partial charge in [-0.05, 0) is 54.8 Å². The van der Waals surface area contributed by atoms with Crippen LogP contribution in [0.15, 0.2) is 72.1 Å². The molecule has 0 spiro atoms. The number of hydrogen-bond donors (Lipinski definition) is 1. The van der Waals surface area contributed by atoms with Gasteiger partial charge in [0, 0.05) is 31.9 Å². The highest BCUT2D eigenvalue weighted by molar-refractivity contribution is 7.12. The molecule has 7 heteroatoms. The summed E-state index contributed by atoms with van der Waals surface area (Å²) in [7, 11) is 0. The minimum Gasteiger partial charge on any atom is -0.457 e. The summed E-state index contributed by atoms with van der Waals surface area (Å²) in [4.78, 5) is 29.9. The number of anilines is 1. The van der Waals surface area contributed by atoms with E-state index >= 15 is 0 Å². The lowest BCUT2D eigenvalue weighted by atomic mass is 10.2. The molecule has 2 aromatic carbocycles. The average molecular weight is 436 g/mol. The summed E-state index contributed by atoms with van der Waals surface area (Å²) in [6.45, 7) is 4.50.